The molecule has 0 unspecified atom stereocenters. The molecule has 0 spiro atoms. The lowest BCUT2D eigenvalue weighted by Crippen LogP contribution is -2.12. The first-order chi connectivity index (χ1) is 10.6. The van der Waals surface area contributed by atoms with Crippen LogP contribution in [0, 0.1) is 0 Å². The maximum absolute atomic E-state index is 12.0. The maximum atomic E-state index is 12.0. The molecule has 5 heteroatoms. The van der Waals surface area contributed by atoms with Crippen LogP contribution in [0.1, 0.15) is 12.5 Å². The van der Waals surface area contributed by atoms with Crippen LogP contribution in [-0.2, 0) is 16.0 Å². The molecule has 0 bridgehead atoms. The van der Waals surface area contributed by atoms with Crippen LogP contribution >= 0.6 is 0 Å². The largest absolute Gasteiger partial charge is 0.496 e. The Morgan fingerprint density at radius 3 is 2.36 bits per heavy atom. The second kappa shape index (κ2) is 7.26. The van der Waals surface area contributed by atoms with Crippen LogP contribution in [-0.4, -0.2) is 19.0 Å². The third-order valence-electron chi connectivity index (χ3n) is 2.93. The first-order valence-corrected chi connectivity index (χ1v) is 6.78. The minimum Gasteiger partial charge on any atom is -0.496 e. The van der Waals surface area contributed by atoms with Gasteiger partial charge < -0.3 is 14.8 Å². The molecule has 0 aliphatic rings. The zero-order valence-electron chi connectivity index (χ0n) is 12.5. The molecule has 0 aliphatic heterocycles. The Bertz CT molecular complexity index is 665. The highest BCUT2D eigenvalue weighted by Crippen LogP contribution is 2.20. The molecule has 1 amide bonds. The van der Waals surface area contributed by atoms with Crippen LogP contribution < -0.4 is 14.8 Å². The van der Waals surface area contributed by atoms with Crippen LogP contribution in [0.3, 0.4) is 0 Å². The number of ether oxygens (including phenoxy) is 2. The van der Waals surface area contributed by atoms with Crippen LogP contribution in [0.2, 0.25) is 0 Å². The van der Waals surface area contributed by atoms with E-state index in [4.69, 9.17) is 9.47 Å². The van der Waals surface area contributed by atoms with Crippen molar-refractivity contribution in [1.82, 2.24) is 0 Å². The van der Waals surface area contributed by atoms with Crippen molar-refractivity contribution in [2.24, 2.45) is 0 Å². The third-order valence-corrected chi connectivity index (χ3v) is 2.93. The van der Waals surface area contributed by atoms with E-state index in [0.717, 1.165) is 5.56 Å². The Morgan fingerprint density at radius 1 is 1.05 bits per heavy atom. The molecule has 2 aromatic carbocycles. The van der Waals surface area contributed by atoms with Crippen molar-refractivity contribution in [3.8, 4) is 11.5 Å². The summed E-state index contributed by atoms with van der Waals surface area (Å²) < 4.78 is 10.5. The predicted molar refractivity (Wildman–Crippen MR) is 83.1 cm³/mol. The second-order valence-corrected chi connectivity index (χ2v) is 4.67. The van der Waals surface area contributed by atoms with Gasteiger partial charge in [-0.05, 0) is 30.3 Å². The summed E-state index contributed by atoms with van der Waals surface area (Å²) >= 11 is 0. The average molecular weight is 299 g/mol. The van der Waals surface area contributed by atoms with Gasteiger partial charge in [0.15, 0.2) is 0 Å². The van der Waals surface area contributed by atoms with E-state index in [1.54, 1.807) is 37.4 Å². The molecule has 0 fully saturated rings. The molecule has 2 aromatic rings. The summed E-state index contributed by atoms with van der Waals surface area (Å²) in [4.78, 5) is 22.9. The van der Waals surface area contributed by atoms with E-state index in [0.29, 0.717) is 17.2 Å². The molecule has 0 radical (unpaired) electrons. The molecule has 22 heavy (non-hydrogen) atoms. The predicted octanol–water partition coefficient (Wildman–Crippen LogP) is 2.80. The van der Waals surface area contributed by atoms with E-state index in [1.807, 2.05) is 18.2 Å². The number of hydrogen-bond acceptors (Lipinski definition) is 4. The number of rotatable bonds is 5. The van der Waals surface area contributed by atoms with Gasteiger partial charge in [0, 0.05) is 18.2 Å². The smallest absolute Gasteiger partial charge is 0.315 e. The molecule has 1 N–H and O–H groups in total. The maximum Gasteiger partial charge on any atom is 0.315 e. The SMILES string of the molecule is COc1ccccc1CC(=O)Oc1ccc(NC(C)=O)cc1. The van der Waals surface area contributed by atoms with Gasteiger partial charge in [-0.2, -0.15) is 0 Å². The molecule has 0 aliphatic carbocycles. The molecule has 0 saturated carbocycles. The van der Waals surface area contributed by atoms with Crippen molar-refractivity contribution in [3.05, 3.63) is 54.1 Å². The molecule has 0 atom stereocenters. The fraction of sp³-hybridized carbons (Fsp3) is 0.176. The Morgan fingerprint density at radius 2 is 1.73 bits per heavy atom. The fourth-order valence-electron chi connectivity index (χ4n) is 1.98. The van der Waals surface area contributed by atoms with Gasteiger partial charge >= 0.3 is 5.97 Å². The normalized spacial score (nSPS) is 9.91. The number of methoxy groups -OCH3 is 1. The zero-order chi connectivity index (χ0) is 15.9. The van der Waals surface area contributed by atoms with Crippen molar-refractivity contribution in [3.63, 3.8) is 0 Å². The van der Waals surface area contributed by atoms with Gasteiger partial charge in [0.25, 0.3) is 0 Å². The van der Waals surface area contributed by atoms with E-state index in [9.17, 15) is 9.59 Å². The zero-order valence-corrected chi connectivity index (χ0v) is 12.5. The first-order valence-electron chi connectivity index (χ1n) is 6.78. The van der Waals surface area contributed by atoms with Gasteiger partial charge in [-0.25, -0.2) is 0 Å². The van der Waals surface area contributed by atoms with Crippen molar-refractivity contribution in [1.29, 1.82) is 0 Å². The molecule has 0 heterocycles. The van der Waals surface area contributed by atoms with Crippen molar-refractivity contribution >= 4 is 17.6 Å². The van der Waals surface area contributed by atoms with Crippen LogP contribution in [0.15, 0.2) is 48.5 Å². The standard InChI is InChI=1S/C17H17NO4/c1-12(19)18-14-7-9-15(10-8-14)22-17(20)11-13-5-3-4-6-16(13)21-2/h3-10H,11H2,1-2H3,(H,18,19). The lowest BCUT2D eigenvalue weighted by atomic mass is 10.1. The number of carbonyl (C=O) groups excluding carboxylic acids is 2. The number of para-hydroxylation sites is 1. The summed E-state index contributed by atoms with van der Waals surface area (Å²) in [6.07, 6.45) is 0.122. The number of hydrogen-bond donors (Lipinski definition) is 1. The minimum atomic E-state index is -0.378. The van der Waals surface area contributed by atoms with Crippen LogP contribution in [0.5, 0.6) is 11.5 Å². The van der Waals surface area contributed by atoms with Crippen molar-refractivity contribution in [2.75, 3.05) is 12.4 Å². The van der Waals surface area contributed by atoms with Crippen molar-refractivity contribution in [2.45, 2.75) is 13.3 Å². The van der Waals surface area contributed by atoms with Gasteiger partial charge in [-0.15, -0.1) is 0 Å². The lowest BCUT2D eigenvalue weighted by molar-refractivity contribution is -0.133. The topological polar surface area (TPSA) is 64.6 Å². The highest BCUT2D eigenvalue weighted by Gasteiger charge is 2.10. The fourth-order valence-corrected chi connectivity index (χ4v) is 1.98. The van der Waals surface area contributed by atoms with E-state index >= 15 is 0 Å². The van der Waals surface area contributed by atoms with Gasteiger partial charge in [0.2, 0.25) is 5.91 Å². The molecule has 5 nitrogen and oxygen atoms in total. The average Bonchev–Trinajstić information content (AvgIpc) is 2.49. The number of nitrogens with one attached hydrogen (secondary N) is 1. The molecule has 114 valence electrons. The first kappa shape index (κ1) is 15.6. The van der Waals surface area contributed by atoms with Gasteiger partial charge in [0.1, 0.15) is 11.5 Å². The highest BCUT2D eigenvalue weighted by atomic mass is 16.5. The highest BCUT2D eigenvalue weighted by molar-refractivity contribution is 5.88. The number of benzene rings is 2. The summed E-state index contributed by atoms with van der Waals surface area (Å²) in [7, 11) is 1.56. The van der Waals surface area contributed by atoms with E-state index in [-0.39, 0.29) is 18.3 Å². The van der Waals surface area contributed by atoms with E-state index < -0.39 is 0 Å². The number of esters is 1. The molecule has 2 rings (SSSR count). The van der Waals surface area contributed by atoms with Crippen molar-refractivity contribution < 1.29 is 19.1 Å². The van der Waals surface area contributed by atoms with Crippen LogP contribution in [0.25, 0.3) is 0 Å². The summed E-state index contributed by atoms with van der Waals surface area (Å²) in [5.74, 6) is 0.548. The Kier molecular flexibility index (Phi) is 5.14. The Hall–Kier alpha value is -2.82. The quantitative estimate of drug-likeness (QED) is 0.681. The lowest BCUT2D eigenvalue weighted by Gasteiger charge is -2.09. The Labute approximate surface area is 128 Å². The van der Waals surface area contributed by atoms with Gasteiger partial charge in [-0.1, -0.05) is 18.2 Å². The third kappa shape index (κ3) is 4.34. The molecular weight excluding hydrogens is 282 g/mol. The summed E-state index contributed by atoms with van der Waals surface area (Å²) in [6.45, 7) is 1.43. The minimum absolute atomic E-state index is 0.122. The summed E-state index contributed by atoms with van der Waals surface area (Å²) in [5.41, 5.74) is 1.42. The Balaban J connectivity index is 1.98. The number of anilines is 1. The van der Waals surface area contributed by atoms with Crippen LogP contribution in [0.4, 0.5) is 5.69 Å². The van der Waals surface area contributed by atoms with E-state index in [1.165, 1.54) is 6.92 Å². The molecule has 0 saturated heterocycles. The molecule has 0 aromatic heterocycles. The summed E-state index contributed by atoms with van der Waals surface area (Å²) in [6, 6.07) is 13.9. The second-order valence-electron chi connectivity index (χ2n) is 4.67. The number of carbonyl (C=O) groups is 2. The van der Waals surface area contributed by atoms with Gasteiger partial charge in [-0.3, -0.25) is 9.59 Å². The van der Waals surface area contributed by atoms with E-state index in [2.05, 4.69) is 5.32 Å². The van der Waals surface area contributed by atoms with Gasteiger partial charge in [0.05, 0.1) is 13.5 Å². The monoisotopic (exact) mass is 299 g/mol. The molecular formula is C17H17NO4. The summed E-state index contributed by atoms with van der Waals surface area (Å²) in [5, 5.41) is 2.64. The number of amides is 1.